The van der Waals surface area contributed by atoms with Crippen molar-refractivity contribution in [1.82, 2.24) is 4.98 Å². The average molecular weight is 250 g/mol. The van der Waals surface area contributed by atoms with E-state index in [-0.39, 0.29) is 0 Å². The van der Waals surface area contributed by atoms with Crippen LogP contribution in [0.1, 0.15) is 5.56 Å². The van der Waals surface area contributed by atoms with Gasteiger partial charge in [0.05, 0.1) is 5.56 Å². The first-order chi connectivity index (χ1) is 9.31. The molecule has 2 aromatic heterocycles. The van der Waals surface area contributed by atoms with Crippen LogP contribution in [-0.2, 0) is 0 Å². The number of hydrazine groups is 1. The van der Waals surface area contributed by atoms with Crippen LogP contribution in [0.3, 0.4) is 0 Å². The molecule has 0 aliphatic rings. The molecule has 0 aliphatic carbocycles. The van der Waals surface area contributed by atoms with Gasteiger partial charge in [0.2, 0.25) is 0 Å². The Kier molecular flexibility index (Phi) is 2.63. The highest BCUT2D eigenvalue weighted by Gasteiger charge is 2.10. The Hall–Kier alpha value is -2.84. The molecule has 0 unspecified atom stereocenters. The molecule has 3 N–H and O–H groups in total. The van der Waals surface area contributed by atoms with Gasteiger partial charge in [-0.2, -0.15) is 5.26 Å². The normalized spacial score (nSPS) is 10.3. The zero-order chi connectivity index (χ0) is 13.2. The summed E-state index contributed by atoms with van der Waals surface area (Å²) in [6, 6.07) is 15.0. The van der Waals surface area contributed by atoms with E-state index in [1.165, 1.54) is 0 Å². The van der Waals surface area contributed by atoms with Gasteiger partial charge < -0.3 is 9.84 Å². The number of nitrogens with two attached hydrogens (primary N) is 1. The number of rotatable bonds is 2. The van der Waals surface area contributed by atoms with Crippen LogP contribution in [0.2, 0.25) is 0 Å². The van der Waals surface area contributed by atoms with Crippen molar-refractivity contribution in [2.75, 3.05) is 5.43 Å². The van der Waals surface area contributed by atoms with Crippen molar-refractivity contribution in [1.29, 1.82) is 5.26 Å². The molecule has 3 rings (SSSR count). The summed E-state index contributed by atoms with van der Waals surface area (Å²) in [4.78, 5) is 4.28. The summed E-state index contributed by atoms with van der Waals surface area (Å²) in [5, 5.41) is 9.92. The maximum Gasteiger partial charge on any atom is 0.158 e. The van der Waals surface area contributed by atoms with Crippen molar-refractivity contribution in [3.05, 3.63) is 48.0 Å². The number of fused-ring (bicyclic) bond motifs is 1. The van der Waals surface area contributed by atoms with E-state index in [0.717, 1.165) is 11.0 Å². The van der Waals surface area contributed by atoms with E-state index in [0.29, 0.717) is 22.8 Å². The second kappa shape index (κ2) is 4.44. The fraction of sp³-hybridized carbons (Fsp3) is 0. The lowest BCUT2D eigenvalue weighted by molar-refractivity contribution is 0.629. The lowest BCUT2D eigenvalue weighted by Gasteiger charge is -2.03. The SMILES string of the molecule is N#Cc1ccc(-c2cc3ccccc3o2)nc1NN. The fourth-order valence-electron chi connectivity index (χ4n) is 1.90. The monoisotopic (exact) mass is 250 g/mol. The predicted octanol–water partition coefficient (Wildman–Crippen LogP) is 2.65. The number of nitriles is 1. The molecule has 0 bridgehead atoms. The minimum atomic E-state index is 0.334. The largest absolute Gasteiger partial charge is 0.454 e. The minimum absolute atomic E-state index is 0.334. The second-order valence-electron chi connectivity index (χ2n) is 4.00. The molecule has 0 radical (unpaired) electrons. The summed E-state index contributed by atoms with van der Waals surface area (Å²) in [6.45, 7) is 0. The number of aromatic nitrogens is 1. The van der Waals surface area contributed by atoms with Gasteiger partial charge in [-0.1, -0.05) is 18.2 Å². The van der Waals surface area contributed by atoms with Crippen molar-refractivity contribution < 1.29 is 4.42 Å². The highest BCUT2D eigenvalue weighted by molar-refractivity contribution is 5.82. The number of nitrogen functional groups attached to an aromatic ring is 1. The smallest absolute Gasteiger partial charge is 0.158 e. The van der Waals surface area contributed by atoms with Crippen LogP contribution in [0.25, 0.3) is 22.4 Å². The first-order valence-corrected chi connectivity index (χ1v) is 5.68. The number of para-hydroxylation sites is 1. The van der Waals surface area contributed by atoms with Crippen LogP contribution < -0.4 is 11.3 Å². The quantitative estimate of drug-likeness (QED) is 0.539. The van der Waals surface area contributed by atoms with Crippen LogP contribution in [0.4, 0.5) is 5.82 Å². The summed E-state index contributed by atoms with van der Waals surface area (Å²) in [6.07, 6.45) is 0. The lowest BCUT2D eigenvalue weighted by Crippen LogP contribution is -2.10. The summed E-state index contributed by atoms with van der Waals surface area (Å²) in [7, 11) is 0. The minimum Gasteiger partial charge on any atom is -0.454 e. The van der Waals surface area contributed by atoms with Crippen molar-refractivity contribution >= 4 is 16.8 Å². The summed E-state index contributed by atoms with van der Waals surface area (Å²) in [5.74, 6) is 6.33. The van der Waals surface area contributed by atoms with Crippen LogP contribution in [-0.4, -0.2) is 4.98 Å². The maximum atomic E-state index is 8.92. The van der Waals surface area contributed by atoms with E-state index in [1.807, 2.05) is 36.4 Å². The Morgan fingerprint density at radius 3 is 2.79 bits per heavy atom. The number of anilines is 1. The lowest BCUT2D eigenvalue weighted by atomic mass is 10.2. The van der Waals surface area contributed by atoms with Crippen LogP contribution in [0.15, 0.2) is 46.9 Å². The van der Waals surface area contributed by atoms with E-state index >= 15 is 0 Å². The van der Waals surface area contributed by atoms with E-state index in [1.54, 1.807) is 12.1 Å². The molecule has 1 aromatic carbocycles. The molecule has 0 saturated carbocycles. The third kappa shape index (κ3) is 1.90. The first kappa shape index (κ1) is 11.3. The van der Waals surface area contributed by atoms with Gasteiger partial charge in [0.1, 0.15) is 17.3 Å². The van der Waals surface area contributed by atoms with E-state index in [9.17, 15) is 0 Å². The van der Waals surface area contributed by atoms with Gasteiger partial charge in [-0.25, -0.2) is 10.8 Å². The fourth-order valence-corrected chi connectivity index (χ4v) is 1.90. The van der Waals surface area contributed by atoms with Crippen molar-refractivity contribution in [2.45, 2.75) is 0 Å². The average Bonchev–Trinajstić information content (AvgIpc) is 2.90. The van der Waals surface area contributed by atoms with Gasteiger partial charge in [0.25, 0.3) is 0 Å². The van der Waals surface area contributed by atoms with Gasteiger partial charge in [0, 0.05) is 5.39 Å². The van der Waals surface area contributed by atoms with Crippen LogP contribution in [0.5, 0.6) is 0 Å². The van der Waals surface area contributed by atoms with Crippen LogP contribution in [0, 0.1) is 11.3 Å². The number of pyridine rings is 1. The van der Waals surface area contributed by atoms with Gasteiger partial charge in [-0.3, -0.25) is 0 Å². The first-order valence-electron chi connectivity index (χ1n) is 5.68. The molecular weight excluding hydrogens is 240 g/mol. The predicted molar refractivity (Wildman–Crippen MR) is 72.0 cm³/mol. The topological polar surface area (TPSA) is 87.9 Å². The highest BCUT2D eigenvalue weighted by Crippen LogP contribution is 2.27. The Balaban J connectivity index is 2.13. The van der Waals surface area contributed by atoms with Crippen molar-refractivity contribution in [3.8, 4) is 17.5 Å². The Labute approximate surface area is 109 Å². The van der Waals surface area contributed by atoms with Gasteiger partial charge in [-0.05, 0) is 24.3 Å². The highest BCUT2D eigenvalue weighted by atomic mass is 16.3. The standard InChI is InChI=1S/C14H10N4O/c15-8-10-5-6-11(17-14(10)18-16)13-7-9-3-1-2-4-12(9)19-13/h1-7H,16H2,(H,17,18). The summed E-state index contributed by atoms with van der Waals surface area (Å²) >= 11 is 0. The van der Waals surface area contributed by atoms with Crippen LogP contribution >= 0.6 is 0 Å². The third-order valence-electron chi connectivity index (χ3n) is 2.83. The number of benzene rings is 1. The van der Waals surface area contributed by atoms with E-state index in [4.69, 9.17) is 15.5 Å². The van der Waals surface area contributed by atoms with E-state index < -0.39 is 0 Å². The third-order valence-corrected chi connectivity index (χ3v) is 2.83. The molecule has 5 nitrogen and oxygen atoms in total. The second-order valence-corrected chi connectivity index (χ2v) is 4.00. The van der Waals surface area contributed by atoms with E-state index in [2.05, 4.69) is 10.4 Å². The molecule has 0 fully saturated rings. The van der Waals surface area contributed by atoms with Crippen molar-refractivity contribution in [2.24, 2.45) is 5.84 Å². The Morgan fingerprint density at radius 2 is 2.05 bits per heavy atom. The molecule has 0 saturated heterocycles. The number of hydrogen-bond donors (Lipinski definition) is 2. The number of hydrogen-bond acceptors (Lipinski definition) is 5. The molecule has 2 heterocycles. The number of nitrogens with zero attached hydrogens (tertiary/aromatic N) is 2. The zero-order valence-electron chi connectivity index (χ0n) is 9.92. The van der Waals surface area contributed by atoms with Gasteiger partial charge in [0.15, 0.2) is 11.6 Å². The molecule has 19 heavy (non-hydrogen) atoms. The molecule has 0 atom stereocenters. The molecule has 3 aromatic rings. The number of furan rings is 1. The molecule has 0 amide bonds. The molecular formula is C14H10N4O. The number of nitrogens with one attached hydrogen (secondary N) is 1. The molecule has 5 heteroatoms. The summed E-state index contributed by atoms with van der Waals surface area (Å²) in [5.41, 5.74) is 4.23. The summed E-state index contributed by atoms with van der Waals surface area (Å²) < 4.78 is 5.71. The Bertz CT molecular complexity index is 752. The molecule has 0 aliphatic heterocycles. The molecule has 0 spiro atoms. The zero-order valence-corrected chi connectivity index (χ0v) is 9.92. The van der Waals surface area contributed by atoms with Crippen molar-refractivity contribution in [3.63, 3.8) is 0 Å². The maximum absolute atomic E-state index is 8.92. The van der Waals surface area contributed by atoms with Gasteiger partial charge >= 0.3 is 0 Å². The van der Waals surface area contributed by atoms with Gasteiger partial charge in [-0.15, -0.1) is 0 Å². The Morgan fingerprint density at radius 1 is 1.21 bits per heavy atom. The molecule has 92 valence electrons.